The summed E-state index contributed by atoms with van der Waals surface area (Å²) in [6.07, 6.45) is 9.00. The molecule has 0 radical (unpaired) electrons. The number of nitrogens with zero attached hydrogens (tertiary/aromatic N) is 2. The van der Waals surface area contributed by atoms with Crippen LogP contribution >= 0.6 is 11.6 Å². The molecule has 1 fully saturated rings. The molecule has 0 spiro atoms. The predicted octanol–water partition coefficient (Wildman–Crippen LogP) is 3.88. The zero-order chi connectivity index (χ0) is 11.4. The van der Waals surface area contributed by atoms with Gasteiger partial charge in [0.2, 0.25) is 11.8 Å². The first-order chi connectivity index (χ1) is 7.75. The third-order valence-electron chi connectivity index (χ3n) is 3.31. The first kappa shape index (κ1) is 11.9. The fourth-order valence-electron chi connectivity index (χ4n) is 2.33. The number of rotatable bonds is 4. The lowest BCUT2D eigenvalue weighted by atomic mass is 9.86. The molecular formula is C12H19ClN2O. The predicted molar refractivity (Wildman–Crippen MR) is 63.5 cm³/mol. The summed E-state index contributed by atoms with van der Waals surface area (Å²) in [5.74, 6) is 2.14. The van der Waals surface area contributed by atoms with Gasteiger partial charge in [0.25, 0.3) is 0 Å². The van der Waals surface area contributed by atoms with E-state index >= 15 is 0 Å². The number of aryl methyl sites for hydroxylation is 1. The van der Waals surface area contributed by atoms with Gasteiger partial charge < -0.3 is 4.42 Å². The minimum absolute atomic E-state index is 0.184. The monoisotopic (exact) mass is 242 g/mol. The molecular weight excluding hydrogens is 224 g/mol. The molecule has 0 aliphatic heterocycles. The highest BCUT2D eigenvalue weighted by atomic mass is 35.5. The first-order valence-electron chi connectivity index (χ1n) is 6.22. The van der Waals surface area contributed by atoms with Crippen LogP contribution in [0.2, 0.25) is 0 Å². The molecule has 1 saturated carbocycles. The van der Waals surface area contributed by atoms with E-state index in [4.69, 9.17) is 16.0 Å². The molecule has 1 aromatic rings. The Hall–Kier alpha value is -0.570. The van der Waals surface area contributed by atoms with Crippen molar-refractivity contribution < 1.29 is 4.42 Å². The van der Waals surface area contributed by atoms with Gasteiger partial charge in [0.15, 0.2) is 0 Å². The second-order valence-electron chi connectivity index (χ2n) is 4.69. The summed E-state index contributed by atoms with van der Waals surface area (Å²) in [5.41, 5.74) is 0. The van der Waals surface area contributed by atoms with Gasteiger partial charge in [-0.25, -0.2) is 0 Å². The average molecular weight is 243 g/mol. The molecule has 1 aliphatic rings. The minimum Gasteiger partial charge on any atom is -0.424 e. The van der Waals surface area contributed by atoms with E-state index in [1.165, 1.54) is 38.5 Å². The maximum Gasteiger partial charge on any atom is 0.234 e. The SMILES string of the molecule is CC(Cl)c1nnc(CCC2CCCCC2)o1. The summed E-state index contributed by atoms with van der Waals surface area (Å²) in [5, 5.41) is 7.77. The summed E-state index contributed by atoms with van der Waals surface area (Å²) in [7, 11) is 0. The van der Waals surface area contributed by atoms with Crippen LogP contribution in [0.4, 0.5) is 0 Å². The molecule has 0 aromatic carbocycles. The van der Waals surface area contributed by atoms with E-state index in [9.17, 15) is 0 Å². The zero-order valence-electron chi connectivity index (χ0n) is 9.79. The van der Waals surface area contributed by atoms with Gasteiger partial charge in [-0.05, 0) is 19.3 Å². The summed E-state index contributed by atoms with van der Waals surface area (Å²) in [6, 6.07) is 0. The van der Waals surface area contributed by atoms with Crippen molar-refractivity contribution in [3.8, 4) is 0 Å². The van der Waals surface area contributed by atoms with Gasteiger partial charge in [-0.3, -0.25) is 0 Å². The quantitative estimate of drug-likeness (QED) is 0.752. The molecule has 2 rings (SSSR count). The van der Waals surface area contributed by atoms with Crippen LogP contribution in [0.25, 0.3) is 0 Å². The summed E-state index contributed by atoms with van der Waals surface area (Å²) in [4.78, 5) is 0. The Morgan fingerprint density at radius 2 is 2.06 bits per heavy atom. The van der Waals surface area contributed by atoms with Crippen molar-refractivity contribution in [2.45, 2.75) is 57.2 Å². The summed E-state index contributed by atoms with van der Waals surface area (Å²) < 4.78 is 5.48. The summed E-state index contributed by atoms with van der Waals surface area (Å²) >= 11 is 5.87. The van der Waals surface area contributed by atoms with E-state index in [2.05, 4.69) is 10.2 Å². The second kappa shape index (κ2) is 5.67. The number of alkyl halides is 1. The van der Waals surface area contributed by atoms with E-state index in [0.717, 1.165) is 18.2 Å². The van der Waals surface area contributed by atoms with Gasteiger partial charge in [-0.15, -0.1) is 21.8 Å². The second-order valence-corrected chi connectivity index (χ2v) is 5.35. The Balaban J connectivity index is 1.79. The lowest BCUT2D eigenvalue weighted by molar-refractivity contribution is 0.326. The van der Waals surface area contributed by atoms with Crippen LogP contribution in [0.3, 0.4) is 0 Å². The fourth-order valence-corrected chi connectivity index (χ4v) is 2.42. The van der Waals surface area contributed by atoms with Gasteiger partial charge in [0, 0.05) is 6.42 Å². The Kier molecular flexibility index (Phi) is 4.22. The molecule has 90 valence electrons. The van der Waals surface area contributed by atoms with E-state index in [1.807, 2.05) is 6.92 Å². The van der Waals surface area contributed by atoms with Crippen molar-refractivity contribution in [2.75, 3.05) is 0 Å². The zero-order valence-corrected chi connectivity index (χ0v) is 10.5. The van der Waals surface area contributed by atoms with Crippen LogP contribution in [-0.4, -0.2) is 10.2 Å². The third kappa shape index (κ3) is 3.21. The Bertz CT molecular complexity index is 319. The molecule has 1 unspecified atom stereocenters. The maximum atomic E-state index is 5.87. The van der Waals surface area contributed by atoms with E-state index in [0.29, 0.717) is 5.89 Å². The molecule has 1 heterocycles. The fraction of sp³-hybridized carbons (Fsp3) is 0.833. The normalized spacial score (nSPS) is 19.9. The molecule has 0 amide bonds. The van der Waals surface area contributed by atoms with Gasteiger partial charge in [-0.1, -0.05) is 32.1 Å². The highest BCUT2D eigenvalue weighted by molar-refractivity contribution is 6.20. The van der Waals surface area contributed by atoms with Crippen LogP contribution in [0.1, 0.15) is 62.6 Å². The molecule has 1 aromatic heterocycles. The average Bonchev–Trinajstić information content (AvgIpc) is 2.76. The lowest BCUT2D eigenvalue weighted by Crippen LogP contribution is -2.07. The summed E-state index contributed by atoms with van der Waals surface area (Å²) in [6.45, 7) is 1.85. The van der Waals surface area contributed by atoms with Crippen molar-refractivity contribution in [3.63, 3.8) is 0 Å². The maximum absolute atomic E-state index is 5.87. The van der Waals surface area contributed by atoms with Crippen LogP contribution in [-0.2, 0) is 6.42 Å². The topological polar surface area (TPSA) is 38.9 Å². The molecule has 3 nitrogen and oxygen atoms in total. The Morgan fingerprint density at radius 1 is 1.31 bits per heavy atom. The van der Waals surface area contributed by atoms with E-state index in [-0.39, 0.29) is 5.38 Å². The molecule has 0 bridgehead atoms. The number of hydrogen-bond acceptors (Lipinski definition) is 3. The smallest absolute Gasteiger partial charge is 0.234 e. The highest BCUT2D eigenvalue weighted by Crippen LogP contribution is 2.27. The molecule has 1 atom stereocenters. The van der Waals surface area contributed by atoms with Crippen molar-refractivity contribution >= 4 is 11.6 Å². The Labute approximate surface area is 102 Å². The number of aromatic nitrogens is 2. The number of halogens is 1. The molecule has 16 heavy (non-hydrogen) atoms. The first-order valence-corrected chi connectivity index (χ1v) is 6.65. The van der Waals surface area contributed by atoms with Gasteiger partial charge in [0.05, 0.1) is 0 Å². The van der Waals surface area contributed by atoms with Crippen LogP contribution in [0, 0.1) is 5.92 Å². The van der Waals surface area contributed by atoms with Crippen LogP contribution < -0.4 is 0 Å². The van der Waals surface area contributed by atoms with Gasteiger partial charge in [0.1, 0.15) is 5.38 Å². The van der Waals surface area contributed by atoms with Crippen LogP contribution in [0.15, 0.2) is 4.42 Å². The van der Waals surface area contributed by atoms with Gasteiger partial charge in [-0.2, -0.15) is 0 Å². The van der Waals surface area contributed by atoms with Crippen molar-refractivity contribution in [3.05, 3.63) is 11.8 Å². The third-order valence-corrected chi connectivity index (χ3v) is 3.50. The van der Waals surface area contributed by atoms with Crippen molar-refractivity contribution in [2.24, 2.45) is 5.92 Å². The lowest BCUT2D eigenvalue weighted by Gasteiger charge is -2.20. The minimum atomic E-state index is -0.184. The van der Waals surface area contributed by atoms with E-state index in [1.54, 1.807) is 0 Å². The van der Waals surface area contributed by atoms with Crippen molar-refractivity contribution in [1.82, 2.24) is 10.2 Å². The number of hydrogen-bond donors (Lipinski definition) is 0. The molecule has 0 saturated heterocycles. The standard InChI is InChI=1S/C12H19ClN2O/c1-9(13)12-15-14-11(16-12)8-7-10-5-3-2-4-6-10/h9-10H,2-8H2,1H3. The molecule has 0 N–H and O–H groups in total. The largest absolute Gasteiger partial charge is 0.424 e. The van der Waals surface area contributed by atoms with Crippen LogP contribution in [0.5, 0.6) is 0 Å². The highest BCUT2D eigenvalue weighted by Gasteiger charge is 2.16. The van der Waals surface area contributed by atoms with Crippen molar-refractivity contribution in [1.29, 1.82) is 0 Å². The van der Waals surface area contributed by atoms with E-state index < -0.39 is 0 Å². The van der Waals surface area contributed by atoms with Gasteiger partial charge >= 0.3 is 0 Å². The molecule has 4 heteroatoms. The Morgan fingerprint density at radius 3 is 2.69 bits per heavy atom. The molecule has 1 aliphatic carbocycles.